The zero-order chi connectivity index (χ0) is 13.7. The number of rotatable bonds is 1. The molecule has 0 unspecified atom stereocenters. The summed E-state index contributed by atoms with van der Waals surface area (Å²) in [5.74, 6) is 1.02. The van der Waals surface area contributed by atoms with Crippen LogP contribution in [0.4, 0.5) is 5.82 Å². The molecule has 6 heteroatoms. The fourth-order valence-corrected chi connectivity index (χ4v) is 3.60. The van der Waals surface area contributed by atoms with Gasteiger partial charge in [-0.25, -0.2) is 4.98 Å². The largest absolute Gasteiger partial charge is 0.353 e. The first-order valence-corrected chi connectivity index (χ1v) is 7.46. The zero-order valence-corrected chi connectivity index (χ0v) is 12.3. The third-order valence-corrected chi connectivity index (χ3v) is 5.00. The van der Waals surface area contributed by atoms with Crippen molar-refractivity contribution in [2.24, 2.45) is 5.41 Å². The summed E-state index contributed by atoms with van der Waals surface area (Å²) in [7, 11) is 2.21. The first-order chi connectivity index (χ1) is 9.65. The van der Waals surface area contributed by atoms with Gasteiger partial charge >= 0.3 is 0 Å². The second-order valence-corrected chi connectivity index (χ2v) is 6.65. The van der Waals surface area contributed by atoms with E-state index in [1.165, 1.54) is 25.9 Å². The van der Waals surface area contributed by atoms with Crippen molar-refractivity contribution in [1.82, 2.24) is 20.1 Å². The van der Waals surface area contributed by atoms with E-state index in [2.05, 4.69) is 32.0 Å². The molecule has 0 saturated carbocycles. The molecule has 2 aromatic rings. The van der Waals surface area contributed by atoms with Crippen LogP contribution >= 0.6 is 11.6 Å². The van der Waals surface area contributed by atoms with Crippen LogP contribution in [0.2, 0.25) is 5.15 Å². The smallest absolute Gasteiger partial charge is 0.159 e. The van der Waals surface area contributed by atoms with Crippen LogP contribution in [0, 0.1) is 5.41 Å². The topological polar surface area (TPSA) is 48.0 Å². The van der Waals surface area contributed by atoms with Gasteiger partial charge in [-0.15, -0.1) is 0 Å². The van der Waals surface area contributed by atoms with Crippen molar-refractivity contribution in [2.75, 3.05) is 38.1 Å². The van der Waals surface area contributed by atoms with Crippen LogP contribution in [0.3, 0.4) is 0 Å². The summed E-state index contributed by atoms with van der Waals surface area (Å²) in [5.41, 5.74) is 1.47. The summed E-state index contributed by atoms with van der Waals surface area (Å²) in [6, 6.07) is 1.83. The number of hydrogen-bond donors (Lipinski definition) is 1. The molecule has 2 saturated heterocycles. The lowest BCUT2D eigenvalue weighted by Crippen LogP contribution is -2.60. The van der Waals surface area contributed by atoms with E-state index in [0.717, 1.165) is 29.8 Å². The lowest BCUT2D eigenvalue weighted by molar-refractivity contribution is 0.0902. The summed E-state index contributed by atoms with van der Waals surface area (Å²) in [6.45, 7) is 4.66. The predicted octanol–water partition coefficient (Wildman–Crippen LogP) is 2.14. The number of pyridine rings is 1. The van der Waals surface area contributed by atoms with E-state index in [-0.39, 0.29) is 0 Å². The Morgan fingerprint density at radius 1 is 1.30 bits per heavy atom. The standard InChI is InChI=1S/C14H18ClN5/c1-19-4-2-14(3-5-19)8-20(9-14)13-10-7-16-12(15)6-11(10)17-18-13/h6-7H,2-5,8-9H2,1H3,(H,17,18). The minimum Gasteiger partial charge on any atom is -0.353 e. The van der Waals surface area contributed by atoms with E-state index in [0.29, 0.717) is 10.6 Å². The summed E-state index contributed by atoms with van der Waals surface area (Å²) >= 11 is 5.91. The molecule has 1 spiro atoms. The third-order valence-electron chi connectivity index (χ3n) is 4.79. The normalized spacial score (nSPS) is 22.4. The molecule has 0 radical (unpaired) electrons. The van der Waals surface area contributed by atoms with Gasteiger partial charge in [0.1, 0.15) is 5.15 Å². The minimum absolute atomic E-state index is 0.503. The highest BCUT2D eigenvalue weighted by atomic mass is 35.5. The van der Waals surface area contributed by atoms with Gasteiger partial charge in [0.2, 0.25) is 0 Å². The molecule has 106 valence electrons. The van der Waals surface area contributed by atoms with Crippen molar-refractivity contribution in [2.45, 2.75) is 12.8 Å². The van der Waals surface area contributed by atoms with Gasteiger partial charge in [-0.05, 0) is 33.0 Å². The van der Waals surface area contributed by atoms with E-state index >= 15 is 0 Å². The van der Waals surface area contributed by atoms with Gasteiger partial charge in [0.15, 0.2) is 5.82 Å². The second-order valence-electron chi connectivity index (χ2n) is 6.26. The van der Waals surface area contributed by atoms with Crippen LogP contribution in [-0.2, 0) is 0 Å². The maximum atomic E-state index is 5.91. The van der Waals surface area contributed by atoms with E-state index in [1.807, 2.05) is 12.3 Å². The van der Waals surface area contributed by atoms with Gasteiger partial charge < -0.3 is 9.80 Å². The van der Waals surface area contributed by atoms with Crippen molar-refractivity contribution >= 4 is 28.3 Å². The fourth-order valence-electron chi connectivity index (χ4n) is 3.44. The number of piperidine rings is 1. The van der Waals surface area contributed by atoms with E-state index < -0.39 is 0 Å². The Balaban J connectivity index is 1.55. The number of H-pyrrole nitrogens is 1. The van der Waals surface area contributed by atoms with Crippen LogP contribution in [0.1, 0.15) is 12.8 Å². The van der Waals surface area contributed by atoms with Crippen molar-refractivity contribution in [3.05, 3.63) is 17.4 Å². The predicted molar refractivity (Wildman–Crippen MR) is 80.3 cm³/mol. The van der Waals surface area contributed by atoms with Crippen LogP contribution in [0.25, 0.3) is 10.9 Å². The number of aromatic amines is 1. The van der Waals surface area contributed by atoms with Crippen LogP contribution in [0.5, 0.6) is 0 Å². The quantitative estimate of drug-likeness (QED) is 0.818. The van der Waals surface area contributed by atoms with E-state index in [4.69, 9.17) is 11.6 Å². The molecule has 4 rings (SSSR count). The molecule has 2 aliphatic rings. The molecule has 5 nitrogen and oxygen atoms in total. The minimum atomic E-state index is 0.503. The maximum absolute atomic E-state index is 5.91. The van der Waals surface area contributed by atoms with Gasteiger partial charge in [0.25, 0.3) is 0 Å². The molecule has 1 N–H and O–H groups in total. The van der Waals surface area contributed by atoms with Crippen LogP contribution in [-0.4, -0.2) is 53.3 Å². The number of fused-ring (bicyclic) bond motifs is 1. The number of anilines is 1. The number of nitrogens with one attached hydrogen (secondary N) is 1. The number of nitrogens with zero attached hydrogens (tertiary/aromatic N) is 4. The highest BCUT2D eigenvalue weighted by Gasteiger charge is 2.45. The number of halogens is 1. The average Bonchev–Trinajstić information content (AvgIpc) is 2.80. The Hall–Kier alpha value is -1.33. The SMILES string of the molecule is CN1CCC2(CC1)CN(c1n[nH]c3cc(Cl)ncc13)C2. The molecule has 4 heterocycles. The average molecular weight is 292 g/mol. The second kappa shape index (κ2) is 4.33. The van der Waals surface area contributed by atoms with E-state index in [9.17, 15) is 0 Å². The molecule has 2 fully saturated rings. The molecule has 0 amide bonds. The molecule has 0 aliphatic carbocycles. The van der Waals surface area contributed by atoms with E-state index in [1.54, 1.807) is 0 Å². The molecule has 0 atom stereocenters. The lowest BCUT2D eigenvalue weighted by atomic mass is 9.72. The molecule has 0 bridgehead atoms. The molecular formula is C14H18ClN5. The first kappa shape index (κ1) is 12.4. The first-order valence-electron chi connectivity index (χ1n) is 7.08. The van der Waals surface area contributed by atoms with Crippen molar-refractivity contribution in [1.29, 1.82) is 0 Å². The van der Waals surface area contributed by atoms with Gasteiger partial charge in [0, 0.05) is 30.8 Å². The molecule has 20 heavy (non-hydrogen) atoms. The molecular weight excluding hydrogens is 274 g/mol. The van der Waals surface area contributed by atoms with Gasteiger partial charge in [-0.2, -0.15) is 5.10 Å². The zero-order valence-electron chi connectivity index (χ0n) is 11.6. The Bertz CT molecular complexity index is 636. The Kier molecular flexibility index (Phi) is 2.69. The maximum Gasteiger partial charge on any atom is 0.159 e. The molecule has 2 aromatic heterocycles. The van der Waals surface area contributed by atoms with Crippen molar-refractivity contribution in [3.8, 4) is 0 Å². The number of aromatic nitrogens is 3. The highest BCUT2D eigenvalue weighted by Crippen LogP contribution is 2.43. The number of hydrogen-bond acceptors (Lipinski definition) is 4. The Labute approximate surface area is 122 Å². The molecule has 2 aliphatic heterocycles. The van der Waals surface area contributed by atoms with Crippen molar-refractivity contribution in [3.63, 3.8) is 0 Å². The number of likely N-dealkylation sites (tertiary alicyclic amines) is 1. The molecule has 0 aromatic carbocycles. The summed E-state index contributed by atoms with van der Waals surface area (Å²) in [4.78, 5) is 8.95. The summed E-state index contributed by atoms with van der Waals surface area (Å²) in [6.07, 6.45) is 4.41. The van der Waals surface area contributed by atoms with Gasteiger partial charge in [0.05, 0.1) is 10.9 Å². The summed E-state index contributed by atoms with van der Waals surface area (Å²) < 4.78 is 0. The fraction of sp³-hybridized carbons (Fsp3) is 0.571. The van der Waals surface area contributed by atoms with Gasteiger partial charge in [-0.3, -0.25) is 5.10 Å². The Morgan fingerprint density at radius 3 is 2.80 bits per heavy atom. The van der Waals surface area contributed by atoms with Crippen molar-refractivity contribution < 1.29 is 0 Å². The van der Waals surface area contributed by atoms with Crippen LogP contribution in [0.15, 0.2) is 12.3 Å². The monoisotopic (exact) mass is 291 g/mol. The Morgan fingerprint density at radius 2 is 2.05 bits per heavy atom. The summed E-state index contributed by atoms with van der Waals surface area (Å²) in [5, 5.41) is 9.07. The lowest BCUT2D eigenvalue weighted by Gasteiger charge is -2.54. The highest BCUT2D eigenvalue weighted by molar-refractivity contribution is 6.30. The van der Waals surface area contributed by atoms with Gasteiger partial charge in [-0.1, -0.05) is 11.6 Å². The van der Waals surface area contributed by atoms with Crippen LogP contribution < -0.4 is 4.90 Å². The third kappa shape index (κ3) is 1.88.